The Labute approximate surface area is 137 Å². The molecule has 0 aliphatic carbocycles. The molecule has 5 nitrogen and oxygen atoms in total. The third-order valence-electron chi connectivity index (χ3n) is 3.66. The van der Waals surface area contributed by atoms with Crippen molar-refractivity contribution in [2.45, 2.75) is 13.5 Å². The fourth-order valence-electron chi connectivity index (χ4n) is 2.46. The standard InChI is InChI=1S/C18H15FN2O3/c1-12(22)13-5-2-3-8-16(13)24-10-9-21-11-20-15-7-4-6-14(19)17(15)18(21)23/h2-8,11H,9-10H2,1H3. The maximum atomic E-state index is 13.8. The number of aromatic nitrogens is 2. The van der Waals surface area contributed by atoms with Gasteiger partial charge in [0.05, 0.1) is 24.0 Å². The van der Waals surface area contributed by atoms with Crippen molar-refractivity contribution in [3.8, 4) is 5.75 Å². The fourth-order valence-corrected chi connectivity index (χ4v) is 2.46. The molecule has 0 aliphatic heterocycles. The van der Waals surface area contributed by atoms with E-state index >= 15 is 0 Å². The van der Waals surface area contributed by atoms with Crippen molar-refractivity contribution in [2.75, 3.05) is 6.61 Å². The number of hydrogen-bond donors (Lipinski definition) is 0. The van der Waals surface area contributed by atoms with Crippen molar-refractivity contribution in [1.29, 1.82) is 0 Å². The topological polar surface area (TPSA) is 61.2 Å². The van der Waals surface area contributed by atoms with Gasteiger partial charge >= 0.3 is 0 Å². The molecule has 6 heteroatoms. The SMILES string of the molecule is CC(=O)c1ccccc1OCCn1cnc2cccc(F)c2c1=O. The number of carbonyl (C=O) groups is 1. The molecule has 3 rings (SSSR count). The molecule has 0 amide bonds. The summed E-state index contributed by atoms with van der Waals surface area (Å²) < 4.78 is 20.7. The fraction of sp³-hybridized carbons (Fsp3) is 0.167. The molecule has 0 spiro atoms. The van der Waals surface area contributed by atoms with Gasteiger partial charge in [0.1, 0.15) is 23.6 Å². The largest absolute Gasteiger partial charge is 0.491 e. The van der Waals surface area contributed by atoms with Crippen LogP contribution in [0.5, 0.6) is 5.75 Å². The highest BCUT2D eigenvalue weighted by molar-refractivity contribution is 5.96. The Morgan fingerprint density at radius 1 is 1.21 bits per heavy atom. The Morgan fingerprint density at radius 3 is 2.79 bits per heavy atom. The van der Waals surface area contributed by atoms with E-state index in [9.17, 15) is 14.0 Å². The molecule has 0 aliphatic rings. The summed E-state index contributed by atoms with van der Waals surface area (Å²) in [4.78, 5) is 28.0. The van der Waals surface area contributed by atoms with Gasteiger partial charge in [-0.25, -0.2) is 9.37 Å². The number of para-hydroxylation sites is 1. The average molecular weight is 326 g/mol. The highest BCUT2D eigenvalue weighted by Crippen LogP contribution is 2.18. The second-order valence-corrected chi connectivity index (χ2v) is 5.28. The lowest BCUT2D eigenvalue weighted by Gasteiger charge is -2.11. The van der Waals surface area contributed by atoms with Gasteiger partial charge in [0.25, 0.3) is 5.56 Å². The van der Waals surface area contributed by atoms with Crippen LogP contribution < -0.4 is 10.3 Å². The third kappa shape index (κ3) is 3.03. The molecule has 0 fully saturated rings. The number of Topliss-reactive ketones (excluding diaryl/α,β-unsaturated/α-hetero) is 1. The number of fused-ring (bicyclic) bond motifs is 1. The first-order valence-electron chi connectivity index (χ1n) is 7.44. The van der Waals surface area contributed by atoms with Gasteiger partial charge in [-0.05, 0) is 31.2 Å². The minimum atomic E-state index is -0.595. The molecule has 0 saturated carbocycles. The Bertz CT molecular complexity index is 966. The summed E-state index contributed by atoms with van der Waals surface area (Å²) in [6.07, 6.45) is 1.37. The number of halogens is 1. The van der Waals surface area contributed by atoms with Crippen LogP contribution in [-0.2, 0) is 6.54 Å². The zero-order valence-electron chi connectivity index (χ0n) is 13.0. The lowest BCUT2D eigenvalue weighted by atomic mass is 10.1. The molecule has 2 aromatic carbocycles. The maximum Gasteiger partial charge on any atom is 0.264 e. The number of ether oxygens (including phenoxy) is 1. The van der Waals surface area contributed by atoms with Gasteiger partial charge in [0.15, 0.2) is 5.78 Å². The van der Waals surface area contributed by atoms with Crippen LogP contribution >= 0.6 is 0 Å². The van der Waals surface area contributed by atoms with E-state index < -0.39 is 11.4 Å². The van der Waals surface area contributed by atoms with Crippen LogP contribution in [-0.4, -0.2) is 21.9 Å². The van der Waals surface area contributed by atoms with Gasteiger partial charge in [0.2, 0.25) is 0 Å². The number of carbonyl (C=O) groups excluding carboxylic acids is 1. The summed E-state index contributed by atoms with van der Waals surface area (Å²) in [6.45, 7) is 1.82. The Balaban J connectivity index is 1.80. The van der Waals surface area contributed by atoms with E-state index in [-0.39, 0.29) is 24.3 Å². The molecule has 0 unspecified atom stereocenters. The molecular formula is C18H15FN2O3. The van der Waals surface area contributed by atoms with E-state index in [4.69, 9.17) is 4.74 Å². The van der Waals surface area contributed by atoms with Gasteiger partial charge < -0.3 is 4.74 Å². The van der Waals surface area contributed by atoms with Crippen molar-refractivity contribution in [3.63, 3.8) is 0 Å². The molecule has 0 N–H and O–H groups in total. The predicted octanol–water partition coefficient (Wildman–Crippen LogP) is 2.82. The van der Waals surface area contributed by atoms with Gasteiger partial charge in [-0.15, -0.1) is 0 Å². The van der Waals surface area contributed by atoms with Crippen molar-refractivity contribution in [3.05, 3.63) is 70.5 Å². The van der Waals surface area contributed by atoms with Crippen molar-refractivity contribution in [2.24, 2.45) is 0 Å². The molecule has 0 atom stereocenters. The Kier molecular flexibility index (Phi) is 4.37. The van der Waals surface area contributed by atoms with Crippen LogP contribution in [0.3, 0.4) is 0 Å². The number of benzene rings is 2. The third-order valence-corrected chi connectivity index (χ3v) is 3.66. The van der Waals surface area contributed by atoms with Gasteiger partial charge in [-0.3, -0.25) is 14.2 Å². The first kappa shape index (κ1) is 15.9. The van der Waals surface area contributed by atoms with Gasteiger partial charge in [0, 0.05) is 0 Å². The zero-order valence-corrected chi connectivity index (χ0v) is 13.0. The van der Waals surface area contributed by atoms with E-state index in [0.29, 0.717) is 16.8 Å². The molecule has 24 heavy (non-hydrogen) atoms. The van der Waals surface area contributed by atoms with Crippen LogP contribution in [0.4, 0.5) is 4.39 Å². The van der Waals surface area contributed by atoms with Crippen LogP contribution in [0.2, 0.25) is 0 Å². The lowest BCUT2D eigenvalue weighted by molar-refractivity contribution is 0.101. The van der Waals surface area contributed by atoms with E-state index in [1.165, 1.54) is 30.0 Å². The summed E-state index contributed by atoms with van der Waals surface area (Å²) in [7, 11) is 0. The van der Waals surface area contributed by atoms with E-state index in [0.717, 1.165) is 0 Å². The van der Waals surface area contributed by atoms with Crippen molar-refractivity contribution in [1.82, 2.24) is 9.55 Å². The summed E-state index contributed by atoms with van der Waals surface area (Å²) in [5.41, 5.74) is 0.341. The highest BCUT2D eigenvalue weighted by atomic mass is 19.1. The second kappa shape index (κ2) is 6.62. The second-order valence-electron chi connectivity index (χ2n) is 5.28. The predicted molar refractivity (Wildman–Crippen MR) is 87.9 cm³/mol. The minimum Gasteiger partial charge on any atom is -0.491 e. The Hall–Kier alpha value is -3.02. The van der Waals surface area contributed by atoms with Gasteiger partial charge in [-0.2, -0.15) is 0 Å². The molecule has 1 aromatic heterocycles. The summed E-state index contributed by atoms with van der Waals surface area (Å²) in [5.74, 6) is -0.239. The van der Waals surface area contributed by atoms with Crippen LogP contribution in [0.15, 0.2) is 53.6 Å². The molecule has 1 heterocycles. The molecule has 0 radical (unpaired) electrons. The Morgan fingerprint density at radius 2 is 2.00 bits per heavy atom. The molecule has 0 bridgehead atoms. The number of rotatable bonds is 5. The minimum absolute atomic E-state index is 0.0378. The first-order chi connectivity index (χ1) is 11.6. The average Bonchev–Trinajstić information content (AvgIpc) is 2.57. The van der Waals surface area contributed by atoms with Crippen molar-refractivity contribution >= 4 is 16.7 Å². The first-order valence-corrected chi connectivity index (χ1v) is 7.44. The quantitative estimate of drug-likeness (QED) is 0.677. The van der Waals surface area contributed by atoms with Crippen LogP contribution in [0, 0.1) is 5.82 Å². The molecule has 122 valence electrons. The monoisotopic (exact) mass is 326 g/mol. The van der Waals surface area contributed by atoms with E-state index in [1.807, 2.05) is 0 Å². The summed E-state index contributed by atoms with van der Waals surface area (Å²) in [5, 5.41) is -0.0378. The molecular weight excluding hydrogens is 311 g/mol. The van der Waals surface area contributed by atoms with Crippen molar-refractivity contribution < 1.29 is 13.9 Å². The van der Waals surface area contributed by atoms with Crippen LogP contribution in [0.25, 0.3) is 10.9 Å². The zero-order chi connectivity index (χ0) is 17.1. The van der Waals surface area contributed by atoms with E-state index in [2.05, 4.69) is 4.98 Å². The molecule has 0 saturated heterocycles. The highest BCUT2D eigenvalue weighted by Gasteiger charge is 2.10. The number of ketones is 1. The number of nitrogens with zero attached hydrogens (tertiary/aromatic N) is 2. The summed E-state index contributed by atoms with van der Waals surface area (Å²) in [6, 6.07) is 11.2. The van der Waals surface area contributed by atoms with Gasteiger partial charge in [-0.1, -0.05) is 18.2 Å². The normalized spacial score (nSPS) is 10.8. The lowest BCUT2D eigenvalue weighted by Crippen LogP contribution is -2.24. The summed E-state index contributed by atoms with van der Waals surface area (Å²) >= 11 is 0. The maximum absolute atomic E-state index is 13.8. The van der Waals surface area contributed by atoms with Crippen LogP contribution in [0.1, 0.15) is 17.3 Å². The smallest absolute Gasteiger partial charge is 0.264 e. The number of hydrogen-bond acceptors (Lipinski definition) is 4. The van der Waals surface area contributed by atoms with E-state index in [1.54, 1.807) is 30.3 Å². The molecule has 3 aromatic rings.